The third-order valence-electron chi connectivity index (χ3n) is 3.99. The quantitative estimate of drug-likeness (QED) is 0.699. The van der Waals surface area contributed by atoms with Crippen molar-refractivity contribution in [3.63, 3.8) is 0 Å². The van der Waals surface area contributed by atoms with Crippen LogP contribution >= 0.6 is 0 Å². The second-order valence-corrected chi connectivity index (χ2v) is 5.77. The van der Waals surface area contributed by atoms with Gasteiger partial charge in [-0.25, -0.2) is 9.78 Å². The zero-order chi connectivity index (χ0) is 16.9. The molecule has 0 aliphatic rings. The Morgan fingerprint density at radius 2 is 1.88 bits per heavy atom. The molecule has 2 aromatic carbocycles. The summed E-state index contributed by atoms with van der Waals surface area (Å²) in [5, 5.41) is 12.3. The topological polar surface area (TPSA) is 67.2 Å². The second-order valence-electron chi connectivity index (χ2n) is 5.77. The number of nitrogens with zero attached hydrogens (tertiary/aromatic N) is 2. The van der Waals surface area contributed by atoms with Gasteiger partial charge in [-0.15, -0.1) is 0 Å². The molecule has 124 valence electrons. The highest BCUT2D eigenvalue weighted by molar-refractivity contribution is 5.87. The Bertz CT molecular complexity index is 837. The number of fused-ring (bicyclic) bond motifs is 1. The van der Waals surface area contributed by atoms with E-state index in [1.165, 1.54) is 5.52 Å². The van der Waals surface area contributed by atoms with Crippen molar-refractivity contribution in [2.45, 2.75) is 33.0 Å². The van der Waals surface area contributed by atoms with Crippen LogP contribution in [0.1, 0.15) is 35.1 Å². The Kier molecular flexibility index (Phi) is 4.91. The first-order chi connectivity index (χ1) is 11.7. The van der Waals surface area contributed by atoms with E-state index in [-0.39, 0.29) is 0 Å². The van der Waals surface area contributed by atoms with Crippen molar-refractivity contribution in [1.29, 1.82) is 0 Å². The average Bonchev–Trinajstić information content (AvgIpc) is 2.94. The number of benzene rings is 2. The Morgan fingerprint density at radius 3 is 2.58 bits per heavy atom. The summed E-state index contributed by atoms with van der Waals surface area (Å²) in [6.07, 6.45) is 1.06. The largest absolute Gasteiger partial charge is 0.478 e. The molecule has 0 saturated carbocycles. The summed E-state index contributed by atoms with van der Waals surface area (Å²) in [6, 6.07) is 15.1. The van der Waals surface area contributed by atoms with Crippen molar-refractivity contribution in [1.82, 2.24) is 14.9 Å². The summed E-state index contributed by atoms with van der Waals surface area (Å²) >= 11 is 0. The first kappa shape index (κ1) is 16.2. The number of rotatable bonds is 7. The predicted molar refractivity (Wildman–Crippen MR) is 94.0 cm³/mol. The highest BCUT2D eigenvalue weighted by atomic mass is 16.4. The summed E-state index contributed by atoms with van der Waals surface area (Å²) in [6.45, 7) is 4.46. The van der Waals surface area contributed by atoms with E-state index in [9.17, 15) is 4.79 Å². The van der Waals surface area contributed by atoms with Crippen molar-refractivity contribution in [3.8, 4) is 0 Å². The van der Waals surface area contributed by atoms with Gasteiger partial charge in [-0.3, -0.25) is 0 Å². The van der Waals surface area contributed by atoms with Crippen molar-refractivity contribution in [2.24, 2.45) is 0 Å². The maximum atomic E-state index is 10.9. The first-order valence-electron chi connectivity index (χ1n) is 8.16. The molecule has 0 atom stereocenters. The van der Waals surface area contributed by atoms with Crippen LogP contribution in [0.4, 0.5) is 0 Å². The Morgan fingerprint density at radius 1 is 1.12 bits per heavy atom. The fraction of sp³-hybridized carbons (Fsp3) is 0.263. The summed E-state index contributed by atoms with van der Waals surface area (Å²) < 4.78 is 2.26. The van der Waals surface area contributed by atoms with Gasteiger partial charge in [0.05, 0.1) is 23.1 Å². The number of aromatic nitrogens is 2. The van der Waals surface area contributed by atoms with E-state index in [4.69, 9.17) is 10.1 Å². The van der Waals surface area contributed by atoms with Crippen molar-refractivity contribution in [3.05, 3.63) is 65.5 Å². The van der Waals surface area contributed by atoms with Crippen LogP contribution in [0.3, 0.4) is 0 Å². The lowest BCUT2D eigenvalue weighted by atomic mass is 10.1. The third kappa shape index (κ3) is 3.46. The van der Waals surface area contributed by atoms with Gasteiger partial charge >= 0.3 is 5.97 Å². The van der Waals surface area contributed by atoms with Crippen LogP contribution in [-0.2, 0) is 19.6 Å². The maximum absolute atomic E-state index is 10.9. The summed E-state index contributed by atoms with van der Waals surface area (Å²) in [5.74, 6) is 0.128. The highest BCUT2D eigenvalue weighted by Crippen LogP contribution is 2.16. The van der Waals surface area contributed by atoms with Crippen molar-refractivity contribution in [2.75, 3.05) is 0 Å². The van der Waals surface area contributed by atoms with E-state index >= 15 is 0 Å². The Hall–Kier alpha value is -2.66. The number of para-hydroxylation sites is 2. The highest BCUT2D eigenvalue weighted by Gasteiger charge is 2.09. The lowest BCUT2D eigenvalue weighted by Gasteiger charge is -2.09. The molecule has 5 nitrogen and oxygen atoms in total. The van der Waals surface area contributed by atoms with Gasteiger partial charge in [0.2, 0.25) is 0 Å². The van der Waals surface area contributed by atoms with Crippen LogP contribution < -0.4 is 5.32 Å². The molecule has 0 aliphatic heterocycles. The van der Waals surface area contributed by atoms with E-state index in [1.54, 1.807) is 12.1 Å². The summed E-state index contributed by atoms with van der Waals surface area (Å²) in [7, 11) is 0. The molecule has 2 N–H and O–H groups in total. The molecule has 1 aromatic heterocycles. The van der Waals surface area contributed by atoms with Crippen LogP contribution in [0.2, 0.25) is 0 Å². The number of aromatic carboxylic acids is 1. The zero-order valence-corrected chi connectivity index (χ0v) is 13.7. The molecule has 0 bridgehead atoms. The van der Waals surface area contributed by atoms with Gasteiger partial charge in [-0.1, -0.05) is 31.2 Å². The first-order valence-corrected chi connectivity index (χ1v) is 8.16. The normalized spacial score (nSPS) is 11.0. The minimum absolute atomic E-state index is 0.309. The van der Waals surface area contributed by atoms with Crippen molar-refractivity contribution < 1.29 is 9.90 Å². The smallest absolute Gasteiger partial charge is 0.335 e. The SMILES string of the molecule is CCCn1c(CNCc2ccc(C(=O)O)cc2)nc2ccccc21. The summed E-state index contributed by atoms with van der Waals surface area (Å²) in [4.78, 5) is 15.6. The number of carbonyl (C=O) groups is 1. The Balaban J connectivity index is 1.69. The van der Waals surface area contributed by atoms with Gasteiger partial charge in [-0.05, 0) is 36.2 Å². The fourth-order valence-electron chi connectivity index (χ4n) is 2.82. The molecular formula is C19H21N3O2. The van der Waals surface area contributed by atoms with E-state index in [0.717, 1.165) is 29.9 Å². The van der Waals surface area contributed by atoms with Gasteiger partial charge in [-0.2, -0.15) is 0 Å². The van der Waals surface area contributed by atoms with Crippen molar-refractivity contribution >= 4 is 17.0 Å². The molecule has 3 rings (SSSR count). The van der Waals surface area contributed by atoms with Crippen LogP contribution in [0, 0.1) is 0 Å². The lowest BCUT2D eigenvalue weighted by molar-refractivity contribution is 0.0697. The maximum Gasteiger partial charge on any atom is 0.335 e. The number of nitrogens with one attached hydrogen (secondary N) is 1. The number of aryl methyl sites for hydroxylation is 1. The number of hydrogen-bond donors (Lipinski definition) is 2. The number of carboxylic acid groups (broad SMARTS) is 1. The van der Waals surface area contributed by atoms with E-state index in [2.05, 4.69) is 22.9 Å². The molecule has 3 aromatic rings. The molecule has 0 spiro atoms. The Labute approximate surface area is 141 Å². The molecule has 24 heavy (non-hydrogen) atoms. The standard InChI is InChI=1S/C19H21N3O2/c1-2-11-22-17-6-4-3-5-16(17)21-18(22)13-20-12-14-7-9-15(10-8-14)19(23)24/h3-10,20H,2,11-13H2,1H3,(H,23,24). The molecule has 0 saturated heterocycles. The van der Waals surface area contributed by atoms with E-state index in [1.807, 2.05) is 30.3 Å². The van der Waals surface area contributed by atoms with Crippen LogP contribution in [0.15, 0.2) is 48.5 Å². The minimum atomic E-state index is -0.900. The third-order valence-corrected chi connectivity index (χ3v) is 3.99. The van der Waals surface area contributed by atoms with E-state index in [0.29, 0.717) is 18.7 Å². The molecule has 0 amide bonds. The average molecular weight is 323 g/mol. The second kappa shape index (κ2) is 7.27. The zero-order valence-electron chi connectivity index (χ0n) is 13.7. The van der Waals surface area contributed by atoms with Crippen LogP contribution in [-0.4, -0.2) is 20.6 Å². The van der Waals surface area contributed by atoms with Gasteiger partial charge in [0, 0.05) is 13.1 Å². The number of hydrogen-bond acceptors (Lipinski definition) is 3. The molecule has 0 fully saturated rings. The van der Waals surface area contributed by atoms with E-state index < -0.39 is 5.97 Å². The van der Waals surface area contributed by atoms with Gasteiger partial charge in [0.25, 0.3) is 0 Å². The van der Waals surface area contributed by atoms with Crippen LogP contribution in [0.5, 0.6) is 0 Å². The monoisotopic (exact) mass is 323 g/mol. The lowest BCUT2D eigenvalue weighted by Crippen LogP contribution is -2.17. The molecule has 0 aliphatic carbocycles. The molecular weight excluding hydrogens is 302 g/mol. The van der Waals surface area contributed by atoms with Gasteiger partial charge in [0.1, 0.15) is 5.82 Å². The van der Waals surface area contributed by atoms with Gasteiger partial charge < -0.3 is 15.0 Å². The molecule has 0 radical (unpaired) electrons. The number of imidazole rings is 1. The number of carboxylic acids is 1. The molecule has 1 heterocycles. The summed E-state index contributed by atoms with van der Waals surface area (Å²) in [5.41, 5.74) is 3.55. The van der Waals surface area contributed by atoms with Crippen LogP contribution in [0.25, 0.3) is 11.0 Å². The van der Waals surface area contributed by atoms with Gasteiger partial charge in [0.15, 0.2) is 0 Å². The fourth-order valence-corrected chi connectivity index (χ4v) is 2.82. The predicted octanol–water partition coefficient (Wildman–Crippen LogP) is 3.43. The minimum Gasteiger partial charge on any atom is -0.478 e. The molecule has 0 unspecified atom stereocenters. The molecule has 5 heteroatoms.